The van der Waals surface area contributed by atoms with Crippen molar-refractivity contribution in [1.29, 1.82) is 0 Å². The van der Waals surface area contributed by atoms with Gasteiger partial charge >= 0.3 is 0 Å². The smallest absolute Gasteiger partial charge is 0.221 e. The lowest BCUT2D eigenvalue weighted by molar-refractivity contribution is -0.136. The van der Waals surface area contributed by atoms with E-state index < -0.39 is 0 Å². The molecule has 1 rings (SSSR count). The molecule has 0 aromatic carbocycles. The van der Waals surface area contributed by atoms with Gasteiger partial charge in [-0.1, -0.05) is 0 Å². The van der Waals surface area contributed by atoms with Crippen molar-refractivity contribution in [3.63, 3.8) is 0 Å². The van der Waals surface area contributed by atoms with Gasteiger partial charge in [-0.15, -0.1) is 0 Å². The third-order valence-electron chi connectivity index (χ3n) is 1.63. The Balaban J connectivity index is 2.39. The number of carbonyl (C=O) groups excluding carboxylic acids is 1. The third kappa shape index (κ3) is 1.46. The van der Waals surface area contributed by atoms with Crippen LogP contribution >= 0.6 is 0 Å². The molecule has 0 aliphatic carbocycles. The van der Waals surface area contributed by atoms with Crippen LogP contribution in [-0.4, -0.2) is 37.4 Å². The maximum absolute atomic E-state index is 10.7. The van der Waals surface area contributed by atoms with Crippen LogP contribution in [0.4, 0.5) is 0 Å². The Hall–Kier alpha value is -0.610. The average Bonchev–Trinajstić information content (AvgIpc) is 2.36. The van der Waals surface area contributed by atoms with E-state index in [1.807, 2.05) is 0 Å². The van der Waals surface area contributed by atoms with Gasteiger partial charge in [-0.05, 0) is 0 Å². The summed E-state index contributed by atoms with van der Waals surface area (Å²) in [5.74, 6) is 0.0358. The van der Waals surface area contributed by atoms with E-state index in [0.717, 1.165) is 6.54 Å². The molecule has 0 aromatic rings. The van der Waals surface area contributed by atoms with Gasteiger partial charge in [-0.3, -0.25) is 10.1 Å². The minimum atomic E-state index is -0.0718. The average molecular weight is 144 g/mol. The lowest BCUT2D eigenvalue weighted by Gasteiger charge is -2.20. The van der Waals surface area contributed by atoms with Crippen molar-refractivity contribution in [2.45, 2.75) is 13.2 Å². The van der Waals surface area contributed by atoms with Gasteiger partial charge in [0.15, 0.2) is 0 Å². The van der Waals surface area contributed by atoms with Gasteiger partial charge in [-0.25, -0.2) is 0 Å². The summed E-state index contributed by atoms with van der Waals surface area (Å²) in [6.07, 6.45) is -0.0718. The molecule has 0 saturated carbocycles. The maximum Gasteiger partial charge on any atom is 0.221 e. The van der Waals surface area contributed by atoms with Crippen LogP contribution in [0.1, 0.15) is 6.92 Å². The molecule has 1 saturated heterocycles. The molecule has 4 heteroatoms. The number of hydrogen-bond donors (Lipinski definition) is 1. The highest BCUT2D eigenvalue weighted by atomic mass is 16.5. The molecule has 4 nitrogen and oxygen atoms in total. The summed E-state index contributed by atoms with van der Waals surface area (Å²) in [5, 5.41) is 2.99. The second-order valence-electron chi connectivity index (χ2n) is 2.35. The quantitative estimate of drug-likeness (QED) is 0.532. The van der Waals surface area contributed by atoms with Gasteiger partial charge in [0.1, 0.15) is 6.23 Å². The highest BCUT2D eigenvalue weighted by Crippen LogP contribution is 2.01. The fourth-order valence-corrected chi connectivity index (χ4v) is 0.848. The summed E-state index contributed by atoms with van der Waals surface area (Å²) in [5.41, 5.74) is 0. The van der Waals surface area contributed by atoms with E-state index in [4.69, 9.17) is 4.74 Å². The fraction of sp³-hybridized carbons (Fsp3) is 0.833. The van der Waals surface area contributed by atoms with E-state index >= 15 is 0 Å². The number of ether oxygens (including phenoxy) is 1. The van der Waals surface area contributed by atoms with Crippen molar-refractivity contribution in [3.8, 4) is 0 Å². The minimum Gasteiger partial charge on any atom is -0.342 e. The van der Waals surface area contributed by atoms with Gasteiger partial charge in [0, 0.05) is 20.5 Å². The summed E-state index contributed by atoms with van der Waals surface area (Å²) in [7, 11) is 1.74. The van der Waals surface area contributed by atoms with E-state index in [-0.39, 0.29) is 12.1 Å². The molecular formula is C6H12N2O2. The summed E-state index contributed by atoms with van der Waals surface area (Å²) in [6, 6.07) is 0. The molecule has 1 amide bonds. The molecular weight excluding hydrogens is 132 g/mol. The third-order valence-corrected chi connectivity index (χ3v) is 1.63. The Morgan fingerprint density at radius 2 is 2.50 bits per heavy atom. The Kier molecular flexibility index (Phi) is 2.24. The SMILES string of the molecule is CC(=O)N(C)[C@@H]1CNCO1. The highest BCUT2D eigenvalue weighted by Gasteiger charge is 2.20. The number of hydrogen-bond acceptors (Lipinski definition) is 3. The molecule has 0 spiro atoms. The molecule has 1 N–H and O–H groups in total. The normalized spacial score (nSPS) is 24.8. The van der Waals surface area contributed by atoms with Crippen molar-refractivity contribution < 1.29 is 9.53 Å². The molecule has 1 aliphatic rings. The maximum atomic E-state index is 10.7. The number of nitrogens with zero attached hydrogens (tertiary/aromatic N) is 1. The van der Waals surface area contributed by atoms with Crippen molar-refractivity contribution >= 4 is 5.91 Å². The first-order chi connectivity index (χ1) is 4.72. The molecule has 1 atom stereocenters. The summed E-state index contributed by atoms with van der Waals surface area (Å²) in [6.45, 7) is 2.81. The van der Waals surface area contributed by atoms with E-state index in [1.165, 1.54) is 6.92 Å². The van der Waals surface area contributed by atoms with Crippen LogP contribution in [0.5, 0.6) is 0 Å². The molecule has 1 aliphatic heterocycles. The van der Waals surface area contributed by atoms with Gasteiger partial charge in [0.05, 0.1) is 6.73 Å². The van der Waals surface area contributed by atoms with Gasteiger partial charge in [0.25, 0.3) is 0 Å². The second kappa shape index (κ2) is 2.98. The van der Waals surface area contributed by atoms with Crippen molar-refractivity contribution in [2.75, 3.05) is 20.3 Å². The summed E-state index contributed by atoms with van der Waals surface area (Å²) >= 11 is 0. The first-order valence-electron chi connectivity index (χ1n) is 3.27. The lowest BCUT2D eigenvalue weighted by Crippen LogP contribution is -2.37. The molecule has 0 bridgehead atoms. The first-order valence-corrected chi connectivity index (χ1v) is 3.27. The van der Waals surface area contributed by atoms with E-state index in [1.54, 1.807) is 11.9 Å². The Morgan fingerprint density at radius 3 is 2.90 bits per heavy atom. The van der Waals surface area contributed by atoms with Gasteiger partial charge in [-0.2, -0.15) is 0 Å². The Bertz CT molecular complexity index is 132. The zero-order valence-corrected chi connectivity index (χ0v) is 6.26. The summed E-state index contributed by atoms with van der Waals surface area (Å²) < 4.78 is 5.17. The van der Waals surface area contributed by atoms with Crippen LogP contribution in [0, 0.1) is 0 Å². The van der Waals surface area contributed by atoms with Crippen LogP contribution in [0.25, 0.3) is 0 Å². The zero-order valence-electron chi connectivity index (χ0n) is 6.26. The van der Waals surface area contributed by atoms with Crippen LogP contribution < -0.4 is 5.32 Å². The topological polar surface area (TPSA) is 41.6 Å². The monoisotopic (exact) mass is 144 g/mol. The molecule has 0 aromatic heterocycles. The molecule has 0 radical (unpaired) electrons. The van der Waals surface area contributed by atoms with Crippen molar-refractivity contribution in [2.24, 2.45) is 0 Å². The largest absolute Gasteiger partial charge is 0.342 e. The Labute approximate surface area is 60.1 Å². The van der Waals surface area contributed by atoms with Gasteiger partial charge in [0.2, 0.25) is 5.91 Å². The molecule has 1 heterocycles. The molecule has 58 valence electrons. The predicted molar refractivity (Wildman–Crippen MR) is 36.2 cm³/mol. The minimum absolute atomic E-state index is 0.0358. The number of nitrogens with one attached hydrogen (secondary N) is 1. The lowest BCUT2D eigenvalue weighted by atomic mass is 10.5. The number of likely N-dealkylation sites (N-methyl/N-ethyl adjacent to an activating group) is 1. The van der Waals surface area contributed by atoms with Crippen molar-refractivity contribution in [3.05, 3.63) is 0 Å². The Morgan fingerprint density at radius 1 is 1.80 bits per heavy atom. The van der Waals surface area contributed by atoms with Gasteiger partial charge < -0.3 is 9.64 Å². The van der Waals surface area contributed by atoms with Crippen LogP contribution in [0.15, 0.2) is 0 Å². The van der Waals surface area contributed by atoms with Crippen molar-refractivity contribution in [1.82, 2.24) is 10.2 Å². The number of rotatable bonds is 1. The molecule has 10 heavy (non-hydrogen) atoms. The molecule has 1 fully saturated rings. The molecule has 0 unspecified atom stereocenters. The van der Waals surface area contributed by atoms with E-state index in [0.29, 0.717) is 6.73 Å². The summed E-state index contributed by atoms with van der Waals surface area (Å²) in [4.78, 5) is 12.3. The second-order valence-corrected chi connectivity index (χ2v) is 2.35. The van der Waals surface area contributed by atoms with Crippen LogP contribution in [-0.2, 0) is 9.53 Å². The first kappa shape index (κ1) is 7.50. The van der Waals surface area contributed by atoms with E-state index in [9.17, 15) is 4.79 Å². The van der Waals surface area contributed by atoms with Crippen LogP contribution in [0.3, 0.4) is 0 Å². The van der Waals surface area contributed by atoms with E-state index in [2.05, 4.69) is 5.32 Å². The number of amides is 1. The standard InChI is InChI=1S/C6H12N2O2/c1-5(9)8(2)6-3-7-4-10-6/h6-7H,3-4H2,1-2H3/t6-/m0/s1. The van der Waals surface area contributed by atoms with Crippen LogP contribution in [0.2, 0.25) is 0 Å². The number of carbonyl (C=O) groups is 1. The fourth-order valence-electron chi connectivity index (χ4n) is 0.848. The highest BCUT2D eigenvalue weighted by molar-refractivity contribution is 5.73. The predicted octanol–water partition coefficient (Wildman–Crippen LogP) is -0.632. The zero-order chi connectivity index (χ0) is 7.56.